The molecule has 46 heavy (non-hydrogen) atoms. The molecule has 1 N–H and O–H groups in total. The number of carbonyl (C=O) groups is 3. The molecular formula is C36H43N3O7. The van der Waals surface area contributed by atoms with Crippen LogP contribution >= 0.6 is 0 Å². The van der Waals surface area contributed by atoms with Gasteiger partial charge in [0.15, 0.2) is 0 Å². The molecule has 4 aliphatic heterocycles. The van der Waals surface area contributed by atoms with E-state index in [1.54, 1.807) is 41.2 Å². The van der Waals surface area contributed by atoms with E-state index in [9.17, 15) is 19.5 Å². The van der Waals surface area contributed by atoms with Crippen LogP contribution in [0.5, 0.6) is 11.5 Å². The number of benzene rings is 2. The molecule has 7 atom stereocenters. The van der Waals surface area contributed by atoms with Crippen molar-refractivity contribution < 1.29 is 33.7 Å². The lowest BCUT2D eigenvalue weighted by molar-refractivity contribution is -0.149. The highest BCUT2D eigenvalue weighted by molar-refractivity contribution is 6.07. The first kappa shape index (κ1) is 31.8. The Morgan fingerprint density at radius 2 is 1.46 bits per heavy atom. The van der Waals surface area contributed by atoms with Gasteiger partial charge in [-0.2, -0.15) is 0 Å². The van der Waals surface area contributed by atoms with E-state index in [0.717, 1.165) is 0 Å². The summed E-state index contributed by atoms with van der Waals surface area (Å²) < 4.78 is 17.9. The Labute approximate surface area is 270 Å². The molecule has 0 radical (unpaired) electrons. The summed E-state index contributed by atoms with van der Waals surface area (Å²) in [5.41, 5.74) is -1.28. The molecule has 2 fully saturated rings. The van der Waals surface area contributed by atoms with Crippen molar-refractivity contribution in [2.45, 2.75) is 57.4 Å². The summed E-state index contributed by atoms with van der Waals surface area (Å²) >= 11 is 0. The average molecular weight is 630 g/mol. The summed E-state index contributed by atoms with van der Waals surface area (Å²) in [6, 6.07) is 12.8. The van der Waals surface area contributed by atoms with Gasteiger partial charge in [-0.25, -0.2) is 0 Å². The maximum absolute atomic E-state index is 14.9. The van der Waals surface area contributed by atoms with Gasteiger partial charge in [0, 0.05) is 24.5 Å². The summed E-state index contributed by atoms with van der Waals surface area (Å²) in [7, 11) is 1.58. The number of anilines is 2. The highest BCUT2D eigenvalue weighted by Crippen LogP contribution is 2.58. The van der Waals surface area contributed by atoms with E-state index >= 15 is 0 Å². The molecule has 4 heterocycles. The largest absolute Gasteiger partial charge is 0.497 e. The van der Waals surface area contributed by atoms with Crippen LogP contribution in [-0.2, 0) is 19.1 Å². The van der Waals surface area contributed by atoms with Crippen LogP contribution in [0.3, 0.4) is 0 Å². The molecule has 2 aromatic carbocycles. The Morgan fingerprint density at radius 1 is 0.870 bits per heavy atom. The number of hydrogen-bond acceptors (Lipinski definition) is 7. The number of aliphatic hydroxyl groups is 1. The minimum absolute atomic E-state index is 0.115. The normalized spacial score (nSPS) is 30.0. The highest BCUT2D eigenvalue weighted by atomic mass is 16.5. The molecule has 2 saturated heterocycles. The van der Waals surface area contributed by atoms with E-state index in [1.807, 2.05) is 76.3 Å². The Bertz CT molecular complexity index is 1540. The minimum atomic E-state index is -1.43. The predicted octanol–water partition coefficient (Wildman–Crippen LogP) is 3.98. The average Bonchev–Trinajstić information content (AvgIpc) is 3.33. The van der Waals surface area contributed by atoms with Gasteiger partial charge in [-0.05, 0) is 68.3 Å². The smallest absolute Gasteiger partial charge is 0.253 e. The van der Waals surface area contributed by atoms with Crippen molar-refractivity contribution in [2.24, 2.45) is 17.8 Å². The number of rotatable bonds is 9. The van der Waals surface area contributed by atoms with Gasteiger partial charge in [-0.15, -0.1) is 0 Å². The van der Waals surface area contributed by atoms with Crippen LogP contribution < -0.4 is 19.3 Å². The van der Waals surface area contributed by atoms with E-state index in [1.165, 1.54) is 4.90 Å². The topological polar surface area (TPSA) is 109 Å². The lowest BCUT2D eigenvalue weighted by Gasteiger charge is -2.41. The number of ether oxygens (including phenoxy) is 3. The summed E-state index contributed by atoms with van der Waals surface area (Å²) in [6.45, 7) is 8.45. The SMILES string of the molecule is CCOc1ccc(N2CC=C[C@]3(C)O[C@]45C=CCN(c6ccc(OC)cc6)C(=O)C4N([C@@H](CO)[C@@H](C)CC)C(=O)[C@@H]5[C@@H]3C2=O)cc1. The fourth-order valence-electron chi connectivity index (χ4n) is 7.75. The van der Waals surface area contributed by atoms with Crippen molar-refractivity contribution in [3.63, 3.8) is 0 Å². The molecule has 244 valence electrons. The summed E-state index contributed by atoms with van der Waals surface area (Å²) in [5, 5.41) is 10.7. The van der Waals surface area contributed by atoms with E-state index in [0.29, 0.717) is 42.4 Å². The van der Waals surface area contributed by atoms with Gasteiger partial charge in [0.25, 0.3) is 5.91 Å². The highest BCUT2D eigenvalue weighted by Gasteiger charge is 2.75. The Kier molecular flexibility index (Phi) is 8.45. The van der Waals surface area contributed by atoms with E-state index < -0.39 is 35.1 Å². The molecule has 1 unspecified atom stereocenters. The Morgan fingerprint density at radius 3 is 2.02 bits per heavy atom. The second-order valence-corrected chi connectivity index (χ2v) is 12.7. The van der Waals surface area contributed by atoms with Crippen molar-refractivity contribution >= 4 is 29.1 Å². The standard InChI is InChI=1S/C36H43N3O7/c1-6-23(3)28(22-40)39-31-34(43)38(25-10-14-26(44-5)15-11-25)21-9-19-36(31)30(33(39)42)29-32(41)37(20-8-18-35(29,4)46-36)24-12-16-27(17-13-24)45-7-2/h8-19,23,28-31,40H,6-7,20-22H2,1-5H3/t23-,28-,29+,30-,31?,35-,36-/m0/s1. The number of amides is 3. The third kappa shape index (κ3) is 4.89. The van der Waals surface area contributed by atoms with Crippen LogP contribution in [0.2, 0.25) is 0 Å². The molecule has 1 spiro atoms. The Balaban J connectivity index is 1.46. The van der Waals surface area contributed by atoms with E-state index in [-0.39, 0.29) is 36.8 Å². The van der Waals surface area contributed by atoms with Gasteiger partial charge in [0.05, 0.1) is 43.8 Å². The van der Waals surface area contributed by atoms with Crippen molar-refractivity contribution in [2.75, 3.05) is 43.2 Å². The molecule has 3 amide bonds. The molecule has 10 heteroatoms. The summed E-state index contributed by atoms with van der Waals surface area (Å²) in [4.78, 5) is 49.2. The quantitative estimate of drug-likeness (QED) is 0.418. The number of carbonyl (C=O) groups excluding carboxylic acids is 3. The maximum atomic E-state index is 14.9. The van der Waals surface area contributed by atoms with Crippen molar-refractivity contribution in [1.82, 2.24) is 4.90 Å². The van der Waals surface area contributed by atoms with Crippen molar-refractivity contribution in [3.8, 4) is 11.5 Å². The molecule has 10 nitrogen and oxygen atoms in total. The molecular weight excluding hydrogens is 586 g/mol. The van der Waals surface area contributed by atoms with E-state index in [2.05, 4.69) is 0 Å². The first-order valence-electron chi connectivity index (χ1n) is 16.1. The zero-order valence-corrected chi connectivity index (χ0v) is 27.1. The fraction of sp³-hybridized carbons (Fsp3) is 0.472. The number of likely N-dealkylation sites (tertiary alicyclic amines) is 1. The molecule has 2 aromatic rings. The van der Waals surface area contributed by atoms with Crippen LogP contribution in [0.15, 0.2) is 72.8 Å². The lowest BCUT2D eigenvalue weighted by Crippen LogP contribution is -2.60. The molecule has 0 aliphatic carbocycles. The van der Waals surface area contributed by atoms with Gasteiger partial charge in [0.1, 0.15) is 23.1 Å². The minimum Gasteiger partial charge on any atom is -0.497 e. The summed E-state index contributed by atoms with van der Waals surface area (Å²) in [5.74, 6) is -1.61. The third-order valence-electron chi connectivity index (χ3n) is 10.2. The van der Waals surface area contributed by atoms with Gasteiger partial charge in [-0.3, -0.25) is 14.4 Å². The fourth-order valence-corrected chi connectivity index (χ4v) is 7.75. The van der Waals surface area contributed by atoms with Crippen LogP contribution in [0, 0.1) is 17.8 Å². The van der Waals surface area contributed by atoms with Gasteiger partial charge in [0.2, 0.25) is 11.8 Å². The lowest BCUT2D eigenvalue weighted by atomic mass is 9.74. The number of fused-ring (bicyclic) bond motifs is 2. The van der Waals surface area contributed by atoms with Gasteiger partial charge < -0.3 is 34.0 Å². The van der Waals surface area contributed by atoms with E-state index in [4.69, 9.17) is 14.2 Å². The van der Waals surface area contributed by atoms with Crippen LogP contribution in [0.1, 0.15) is 34.1 Å². The first-order valence-corrected chi connectivity index (χ1v) is 16.1. The van der Waals surface area contributed by atoms with Crippen LogP contribution in [0.4, 0.5) is 11.4 Å². The predicted molar refractivity (Wildman–Crippen MR) is 174 cm³/mol. The number of nitrogens with zero attached hydrogens (tertiary/aromatic N) is 3. The molecule has 6 rings (SSSR count). The van der Waals surface area contributed by atoms with Gasteiger partial charge >= 0.3 is 0 Å². The zero-order chi connectivity index (χ0) is 32.8. The number of aliphatic hydroxyl groups excluding tert-OH is 1. The number of methoxy groups -OCH3 is 1. The maximum Gasteiger partial charge on any atom is 0.253 e. The Hall–Kier alpha value is -4.15. The first-order chi connectivity index (χ1) is 22.1. The van der Waals surface area contributed by atoms with Crippen LogP contribution in [0.25, 0.3) is 0 Å². The second-order valence-electron chi connectivity index (χ2n) is 12.7. The van der Waals surface area contributed by atoms with Crippen LogP contribution in [-0.4, -0.2) is 84.4 Å². The monoisotopic (exact) mass is 629 g/mol. The van der Waals surface area contributed by atoms with Crippen molar-refractivity contribution in [3.05, 3.63) is 72.8 Å². The van der Waals surface area contributed by atoms with Crippen molar-refractivity contribution in [1.29, 1.82) is 0 Å². The molecule has 0 bridgehead atoms. The second kappa shape index (κ2) is 12.2. The molecule has 4 aliphatic rings. The van der Waals surface area contributed by atoms with Gasteiger partial charge in [-0.1, -0.05) is 44.6 Å². The third-order valence-corrected chi connectivity index (χ3v) is 10.2. The molecule has 0 aromatic heterocycles. The number of hydrogen-bond donors (Lipinski definition) is 1. The molecule has 0 saturated carbocycles. The zero-order valence-electron chi connectivity index (χ0n) is 27.1. The summed E-state index contributed by atoms with van der Waals surface area (Å²) in [6.07, 6.45) is 8.13.